The van der Waals surface area contributed by atoms with Gasteiger partial charge in [0.1, 0.15) is 0 Å². The second-order valence-electron chi connectivity index (χ2n) is 4.44. The van der Waals surface area contributed by atoms with Crippen molar-refractivity contribution in [2.45, 2.75) is 19.9 Å². The van der Waals surface area contributed by atoms with E-state index in [1.807, 2.05) is 0 Å². The first-order chi connectivity index (χ1) is 8.63. The smallest absolute Gasteiger partial charge is 0.0713 e. The van der Waals surface area contributed by atoms with Crippen molar-refractivity contribution in [2.75, 3.05) is 0 Å². The van der Waals surface area contributed by atoms with E-state index in [2.05, 4.69) is 84.3 Å². The van der Waals surface area contributed by atoms with Crippen LogP contribution in [0.4, 0.5) is 0 Å². The average molecular weight is 352 g/mol. The SMILES string of the molecule is Cc1cccc(C(NN)c2cccc(I)c2)c1C. The molecule has 94 valence electrons. The molecule has 1 unspecified atom stereocenters. The normalized spacial score (nSPS) is 12.4. The minimum absolute atomic E-state index is 0.0413. The van der Waals surface area contributed by atoms with Gasteiger partial charge in [0.15, 0.2) is 0 Å². The molecule has 2 nitrogen and oxygen atoms in total. The maximum absolute atomic E-state index is 5.75. The molecule has 0 fully saturated rings. The van der Waals surface area contributed by atoms with Gasteiger partial charge in [-0.15, -0.1) is 0 Å². The summed E-state index contributed by atoms with van der Waals surface area (Å²) in [5, 5.41) is 0. The molecule has 0 spiro atoms. The molecule has 0 amide bonds. The number of hydrazine groups is 1. The Bertz CT molecular complexity index is 552. The lowest BCUT2D eigenvalue weighted by atomic mass is 9.93. The summed E-state index contributed by atoms with van der Waals surface area (Å²) in [4.78, 5) is 0. The molecule has 0 aliphatic carbocycles. The number of nitrogens with one attached hydrogen (secondary N) is 1. The second-order valence-corrected chi connectivity index (χ2v) is 5.69. The van der Waals surface area contributed by atoms with E-state index in [9.17, 15) is 0 Å². The van der Waals surface area contributed by atoms with Crippen LogP contribution < -0.4 is 11.3 Å². The van der Waals surface area contributed by atoms with Gasteiger partial charge in [-0.05, 0) is 70.8 Å². The fourth-order valence-corrected chi connectivity index (χ4v) is 2.71. The number of hydrogen-bond acceptors (Lipinski definition) is 2. The molecule has 18 heavy (non-hydrogen) atoms. The first kappa shape index (κ1) is 13.5. The van der Waals surface area contributed by atoms with Gasteiger partial charge in [0.05, 0.1) is 6.04 Å². The number of hydrogen-bond donors (Lipinski definition) is 2. The van der Waals surface area contributed by atoms with Gasteiger partial charge in [-0.25, -0.2) is 5.43 Å². The average Bonchev–Trinajstić information content (AvgIpc) is 2.35. The highest BCUT2D eigenvalue weighted by Crippen LogP contribution is 2.26. The zero-order valence-corrected chi connectivity index (χ0v) is 12.7. The van der Waals surface area contributed by atoms with E-state index in [1.54, 1.807) is 0 Å². The van der Waals surface area contributed by atoms with Gasteiger partial charge < -0.3 is 0 Å². The second kappa shape index (κ2) is 5.82. The number of rotatable bonds is 3. The van der Waals surface area contributed by atoms with Gasteiger partial charge in [0, 0.05) is 3.57 Å². The Morgan fingerprint density at radius 2 is 1.83 bits per heavy atom. The van der Waals surface area contributed by atoms with E-state index in [0.717, 1.165) is 0 Å². The van der Waals surface area contributed by atoms with Crippen LogP contribution in [0.1, 0.15) is 28.3 Å². The Labute approximate surface area is 122 Å². The standard InChI is InChI=1S/C15H17IN2/c1-10-5-3-8-14(11(10)2)15(18-17)12-6-4-7-13(16)9-12/h3-9,15,18H,17H2,1-2H3. The molecule has 0 aromatic heterocycles. The minimum atomic E-state index is 0.0413. The van der Waals surface area contributed by atoms with Gasteiger partial charge in [0.25, 0.3) is 0 Å². The van der Waals surface area contributed by atoms with Crippen molar-refractivity contribution in [3.8, 4) is 0 Å². The number of nitrogens with two attached hydrogens (primary N) is 1. The minimum Gasteiger partial charge on any atom is -0.271 e. The lowest BCUT2D eigenvalue weighted by Gasteiger charge is -2.20. The van der Waals surface area contributed by atoms with Gasteiger partial charge in [-0.2, -0.15) is 0 Å². The zero-order chi connectivity index (χ0) is 13.1. The van der Waals surface area contributed by atoms with Crippen LogP contribution in [0.15, 0.2) is 42.5 Å². The molecule has 2 rings (SSSR count). The Kier molecular flexibility index (Phi) is 4.37. The lowest BCUT2D eigenvalue weighted by Crippen LogP contribution is -2.29. The van der Waals surface area contributed by atoms with Crippen molar-refractivity contribution in [1.29, 1.82) is 0 Å². The fraction of sp³-hybridized carbons (Fsp3) is 0.200. The van der Waals surface area contributed by atoms with E-state index < -0.39 is 0 Å². The number of halogens is 1. The first-order valence-electron chi connectivity index (χ1n) is 5.91. The molecule has 0 heterocycles. The maximum Gasteiger partial charge on any atom is 0.0713 e. The van der Waals surface area contributed by atoms with Gasteiger partial charge in [-0.3, -0.25) is 5.84 Å². The third-order valence-electron chi connectivity index (χ3n) is 3.31. The molecule has 0 aliphatic heterocycles. The quantitative estimate of drug-likeness (QED) is 0.504. The molecule has 0 aliphatic rings. The molecular weight excluding hydrogens is 335 g/mol. The van der Waals surface area contributed by atoms with Crippen LogP contribution in [0, 0.1) is 17.4 Å². The van der Waals surface area contributed by atoms with Gasteiger partial charge in [-0.1, -0.05) is 30.3 Å². The Morgan fingerprint density at radius 1 is 1.11 bits per heavy atom. The van der Waals surface area contributed by atoms with Crippen LogP contribution in [-0.4, -0.2) is 0 Å². The molecule has 0 bridgehead atoms. The van der Waals surface area contributed by atoms with Crippen molar-refractivity contribution < 1.29 is 0 Å². The third-order valence-corrected chi connectivity index (χ3v) is 3.98. The van der Waals surface area contributed by atoms with Gasteiger partial charge in [0.2, 0.25) is 0 Å². The summed E-state index contributed by atoms with van der Waals surface area (Å²) >= 11 is 2.32. The summed E-state index contributed by atoms with van der Waals surface area (Å²) < 4.78 is 1.22. The molecular formula is C15H17IN2. The molecule has 0 radical (unpaired) electrons. The van der Waals surface area contributed by atoms with Crippen LogP contribution in [0.3, 0.4) is 0 Å². The van der Waals surface area contributed by atoms with Crippen LogP contribution in [-0.2, 0) is 0 Å². The topological polar surface area (TPSA) is 38.0 Å². The van der Waals surface area contributed by atoms with Gasteiger partial charge >= 0.3 is 0 Å². The molecule has 1 atom stereocenters. The predicted molar refractivity (Wildman–Crippen MR) is 84.2 cm³/mol. The van der Waals surface area contributed by atoms with Crippen LogP contribution in [0.5, 0.6) is 0 Å². The summed E-state index contributed by atoms with van der Waals surface area (Å²) in [6, 6.07) is 14.8. The van der Waals surface area contributed by atoms with Crippen LogP contribution in [0.25, 0.3) is 0 Å². The highest BCUT2D eigenvalue weighted by atomic mass is 127. The summed E-state index contributed by atoms with van der Waals surface area (Å²) in [6.45, 7) is 4.27. The molecule has 3 N–H and O–H groups in total. The molecule has 2 aromatic rings. The summed E-state index contributed by atoms with van der Waals surface area (Å²) in [5.74, 6) is 5.75. The number of aryl methyl sites for hydroxylation is 1. The maximum atomic E-state index is 5.75. The lowest BCUT2D eigenvalue weighted by molar-refractivity contribution is 0.633. The summed E-state index contributed by atoms with van der Waals surface area (Å²) in [7, 11) is 0. The highest BCUT2D eigenvalue weighted by Gasteiger charge is 2.15. The van der Waals surface area contributed by atoms with E-state index in [1.165, 1.54) is 25.8 Å². The predicted octanol–water partition coefficient (Wildman–Crippen LogP) is 3.46. The van der Waals surface area contributed by atoms with Crippen LogP contribution >= 0.6 is 22.6 Å². The number of benzene rings is 2. The monoisotopic (exact) mass is 352 g/mol. The van der Waals surface area contributed by atoms with Crippen molar-refractivity contribution >= 4 is 22.6 Å². The Morgan fingerprint density at radius 3 is 2.50 bits per heavy atom. The van der Waals surface area contributed by atoms with E-state index >= 15 is 0 Å². The summed E-state index contributed by atoms with van der Waals surface area (Å²) in [6.07, 6.45) is 0. The molecule has 0 saturated heterocycles. The largest absolute Gasteiger partial charge is 0.271 e. The molecule has 3 heteroatoms. The fourth-order valence-electron chi connectivity index (χ4n) is 2.14. The molecule has 0 saturated carbocycles. The van der Waals surface area contributed by atoms with Crippen molar-refractivity contribution in [2.24, 2.45) is 5.84 Å². The highest BCUT2D eigenvalue weighted by molar-refractivity contribution is 14.1. The first-order valence-corrected chi connectivity index (χ1v) is 6.99. The Hall–Kier alpha value is -0.910. The van der Waals surface area contributed by atoms with Crippen molar-refractivity contribution in [1.82, 2.24) is 5.43 Å². The summed E-state index contributed by atoms with van der Waals surface area (Å²) in [5.41, 5.74) is 7.94. The van der Waals surface area contributed by atoms with Crippen molar-refractivity contribution in [3.05, 3.63) is 68.3 Å². The van der Waals surface area contributed by atoms with Crippen LogP contribution in [0.2, 0.25) is 0 Å². The van der Waals surface area contributed by atoms with E-state index in [4.69, 9.17) is 5.84 Å². The van der Waals surface area contributed by atoms with E-state index in [0.29, 0.717) is 0 Å². The van der Waals surface area contributed by atoms with Crippen molar-refractivity contribution in [3.63, 3.8) is 0 Å². The molecule has 2 aromatic carbocycles. The Balaban J connectivity index is 2.49. The third kappa shape index (κ3) is 2.74. The van der Waals surface area contributed by atoms with E-state index in [-0.39, 0.29) is 6.04 Å². The zero-order valence-electron chi connectivity index (χ0n) is 10.6.